The van der Waals surface area contributed by atoms with E-state index in [0.717, 1.165) is 12.8 Å². The van der Waals surface area contributed by atoms with Crippen molar-refractivity contribution in [3.05, 3.63) is 42.6 Å². The molecule has 0 spiro atoms. The number of nitrogens with one attached hydrogen (secondary N) is 1. The summed E-state index contributed by atoms with van der Waals surface area (Å²) in [4.78, 5) is 15.8. The predicted octanol–water partition coefficient (Wildman–Crippen LogP) is 4.01. The fourth-order valence-corrected chi connectivity index (χ4v) is 1.89. The normalized spacial score (nSPS) is 10.1. The molecule has 0 unspecified atom stereocenters. The third kappa shape index (κ3) is 4.48. The Hall–Kier alpha value is -2.56. The van der Waals surface area contributed by atoms with Gasteiger partial charge in [-0.15, -0.1) is 0 Å². The molecule has 5 heteroatoms. The Labute approximate surface area is 130 Å². The van der Waals surface area contributed by atoms with Gasteiger partial charge in [0.05, 0.1) is 19.0 Å². The number of benzene rings is 1. The largest absolute Gasteiger partial charge is 0.493 e. The summed E-state index contributed by atoms with van der Waals surface area (Å²) in [5.74, 6) is 1.68. The van der Waals surface area contributed by atoms with E-state index in [9.17, 15) is 4.79 Å². The van der Waals surface area contributed by atoms with Crippen molar-refractivity contribution < 1.29 is 14.3 Å². The van der Waals surface area contributed by atoms with Gasteiger partial charge in [-0.2, -0.15) is 0 Å². The third-order valence-electron chi connectivity index (χ3n) is 3.06. The molecule has 0 bridgehead atoms. The first-order valence-corrected chi connectivity index (χ1v) is 7.29. The molecule has 0 radical (unpaired) electrons. The zero-order valence-electron chi connectivity index (χ0n) is 12.8. The van der Waals surface area contributed by atoms with E-state index in [1.165, 1.54) is 0 Å². The van der Waals surface area contributed by atoms with E-state index in [4.69, 9.17) is 9.47 Å². The van der Waals surface area contributed by atoms with Crippen molar-refractivity contribution in [3.63, 3.8) is 0 Å². The van der Waals surface area contributed by atoms with E-state index in [0.29, 0.717) is 29.5 Å². The lowest BCUT2D eigenvalue weighted by Gasteiger charge is -2.09. The van der Waals surface area contributed by atoms with E-state index < -0.39 is 0 Å². The molecule has 22 heavy (non-hydrogen) atoms. The minimum Gasteiger partial charge on any atom is -0.493 e. The maximum absolute atomic E-state index is 11.6. The fourth-order valence-electron chi connectivity index (χ4n) is 1.89. The van der Waals surface area contributed by atoms with E-state index in [1.807, 2.05) is 18.2 Å². The van der Waals surface area contributed by atoms with Gasteiger partial charge in [0.15, 0.2) is 11.5 Å². The molecule has 0 fully saturated rings. The first-order valence-electron chi connectivity index (χ1n) is 7.29. The fraction of sp³-hybridized carbons (Fsp3) is 0.294. The molecule has 1 heterocycles. The summed E-state index contributed by atoms with van der Waals surface area (Å²) in [6.45, 7) is 2.05. The lowest BCUT2D eigenvalue weighted by molar-refractivity contribution is -0.116. The highest BCUT2D eigenvalue weighted by atomic mass is 16.5. The molecule has 2 rings (SSSR count). The number of aromatic nitrogens is 1. The zero-order chi connectivity index (χ0) is 15.8. The molecule has 1 amide bonds. The first kappa shape index (κ1) is 15.8. The van der Waals surface area contributed by atoms with Crippen LogP contribution in [0.3, 0.4) is 0 Å². The summed E-state index contributed by atoms with van der Waals surface area (Å²) in [5, 5.41) is 2.81. The van der Waals surface area contributed by atoms with E-state index in [-0.39, 0.29) is 5.91 Å². The molecule has 0 saturated heterocycles. The number of hydrogen-bond acceptors (Lipinski definition) is 4. The molecular weight excluding hydrogens is 280 g/mol. The minimum atomic E-state index is 0.00190. The number of para-hydroxylation sites is 2. The Bertz CT molecular complexity index is 612. The molecule has 1 aromatic heterocycles. The first-order chi connectivity index (χ1) is 10.7. The Morgan fingerprint density at radius 1 is 1.18 bits per heavy atom. The Balaban J connectivity index is 1.98. The van der Waals surface area contributed by atoms with Crippen LogP contribution in [0.1, 0.15) is 26.2 Å². The molecular formula is C17H20N2O3. The molecule has 1 N–H and O–H groups in total. The number of methoxy groups -OCH3 is 1. The van der Waals surface area contributed by atoms with Gasteiger partial charge >= 0.3 is 0 Å². The van der Waals surface area contributed by atoms with Crippen LogP contribution < -0.4 is 14.8 Å². The van der Waals surface area contributed by atoms with Crippen molar-refractivity contribution in [2.75, 3.05) is 12.4 Å². The van der Waals surface area contributed by atoms with Gasteiger partial charge in [-0.3, -0.25) is 4.79 Å². The average molecular weight is 300 g/mol. The van der Waals surface area contributed by atoms with Crippen LogP contribution in [-0.4, -0.2) is 18.0 Å². The van der Waals surface area contributed by atoms with Gasteiger partial charge in [0, 0.05) is 12.5 Å². The van der Waals surface area contributed by atoms with Crippen LogP contribution in [0, 0.1) is 0 Å². The van der Waals surface area contributed by atoms with Gasteiger partial charge in [0.1, 0.15) is 0 Å². The van der Waals surface area contributed by atoms with E-state index in [2.05, 4.69) is 17.2 Å². The van der Waals surface area contributed by atoms with Crippen molar-refractivity contribution >= 4 is 11.6 Å². The van der Waals surface area contributed by atoms with Crippen LogP contribution >= 0.6 is 0 Å². The second-order valence-corrected chi connectivity index (χ2v) is 4.79. The van der Waals surface area contributed by atoms with Crippen LogP contribution in [0.5, 0.6) is 17.4 Å². The smallest absolute Gasteiger partial charge is 0.224 e. The number of anilines is 1. The van der Waals surface area contributed by atoms with Gasteiger partial charge < -0.3 is 14.8 Å². The number of rotatable bonds is 7. The zero-order valence-corrected chi connectivity index (χ0v) is 12.8. The van der Waals surface area contributed by atoms with Gasteiger partial charge in [-0.25, -0.2) is 4.98 Å². The SMILES string of the molecule is CCCCC(=O)Nc1ccc(Oc2ccccc2OC)nc1. The van der Waals surface area contributed by atoms with E-state index in [1.54, 1.807) is 31.5 Å². The maximum Gasteiger partial charge on any atom is 0.224 e. The molecule has 116 valence electrons. The van der Waals surface area contributed by atoms with Gasteiger partial charge in [-0.05, 0) is 24.6 Å². The van der Waals surface area contributed by atoms with Crippen molar-refractivity contribution in [1.29, 1.82) is 0 Å². The predicted molar refractivity (Wildman–Crippen MR) is 85.5 cm³/mol. The summed E-state index contributed by atoms with van der Waals surface area (Å²) in [6.07, 6.45) is 3.98. The number of amides is 1. The quantitative estimate of drug-likeness (QED) is 0.839. The number of nitrogens with zero attached hydrogens (tertiary/aromatic N) is 1. The third-order valence-corrected chi connectivity index (χ3v) is 3.06. The molecule has 2 aromatic rings. The standard InChI is InChI=1S/C17H20N2O3/c1-3-4-9-16(20)19-13-10-11-17(18-12-13)22-15-8-6-5-7-14(15)21-2/h5-8,10-12H,3-4,9H2,1-2H3,(H,19,20). The second-order valence-electron chi connectivity index (χ2n) is 4.79. The second kappa shape index (κ2) is 8.02. The maximum atomic E-state index is 11.6. The number of unbranched alkanes of at least 4 members (excludes halogenated alkanes) is 1. The Kier molecular flexibility index (Phi) is 5.77. The molecule has 0 aliphatic heterocycles. The summed E-state index contributed by atoms with van der Waals surface area (Å²) in [7, 11) is 1.59. The number of pyridine rings is 1. The molecule has 0 atom stereocenters. The lowest BCUT2D eigenvalue weighted by atomic mass is 10.2. The van der Waals surface area contributed by atoms with Gasteiger partial charge in [0.2, 0.25) is 11.8 Å². The van der Waals surface area contributed by atoms with Crippen LogP contribution in [0.2, 0.25) is 0 Å². The lowest BCUT2D eigenvalue weighted by Crippen LogP contribution is -2.11. The average Bonchev–Trinajstić information content (AvgIpc) is 2.55. The Morgan fingerprint density at radius 3 is 2.59 bits per heavy atom. The number of carbonyl (C=O) groups is 1. The topological polar surface area (TPSA) is 60.5 Å². The highest BCUT2D eigenvalue weighted by Gasteiger charge is 2.06. The van der Waals surface area contributed by atoms with Crippen molar-refractivity contribution in [3.8, 4) is 17.4 Å². The highest BCUT2D eigenvalue weighted by Crippen LogP contribution is 2.30. The molecule has 1 aromatic carbocycles. The molecule has 5 nitrogen and oxygen atoms in total. The summed E-state index contributed by atoms with van der Waals surface area (Å²) in [5.41, 5.74) is 0.661. The van der Waals surface area contributed by atoms with Crippen molar-refractivity contribution in [2.24, 2.45) is 0 Å². The summed E-state index contributed by atoms with van der Waals surface area (Å²) in [6, 6.07) is 10.8. The van der Waals surface area contributed by atoms with E-state index >= 15 is 0 Å². The molecule has 0 aliphatic rings. The number of carbonyl (C=O) groups excluding carboxylic acids is 1. The van der Waals surface area contributed by atoms with Crippen molar-refractivity contribution in [2.45, 2.75) is 26.2 Å². The summed E-state index contributed by atoms with van der Waals surface area (Å²) < 4.78 is 10.9. The molecule has 0 aliphatic carbocycles. The van der Waals surface area contributed by atoms with Gasteiger partial charge in [-0.1, -0.05) is 25.5 Å². The highest BCUT2D eigenvalue weighted by molar-refractivity contribution is 5.90. The van der Waals surface area contributed by atoms with Crippen LogP contribution in [0.15, 0.2) is 42.6 Å². The van der Waals surface area contributed by atoms with Crippen LogP contribution in [0.25, 0.3) is 0 Å². The van der Waals surface area contributed by atoms with Gasteiger partial charge in [0.25, 0.3) is 0 Å². The van der Waals surface area contributed by atoms with Crippen molar-refractivity contribution in [1.82, 2.24) is 4.98 Å². The van der Waals surface area contributed by atoms with Crippen LogP contribution in [0.4, 0.5) is 5.69 Å². The van der Waals surface area contributed by atoms with Crippen LogP contribution in [-0.2, 0) is 4.79 Å². The number of hydrogen-bond donors (Lipinski definition) is 1. The number of ether oxygens (including phenoxy) is 2. The minimum absolute atomic E-state index is 0.00190. The summed E-state index contributed by atoms with van der Waals surface area (Å²) >= 11 is 0. The molecule has 0 saturated carbocycles. The monoisotopic (exact) mass is 300 g/mol. The Morgan fingerprint density at radius 2 is 1.95 bits per heavy atom.